The van der Waals surface area contributed by atoms with Gasteiger partial charge in [-0.2, -0.15) is 16.7 Å². The van der Waals surface area contributed by atoms with Crippen LogP contribution >= 0.6 is 36.6 Å². The molecule has 2 aliphatic rings. The van der Waals surface area contributed by atoms with Gasteiger partial charge in [-0.15, -0.1) is 24.8 Å². The first kappa shape index (κ1) is 22.9. The lowest BCUT2D eigenvalue weighted by molar-refractivity contribution is -0.132. The van der Waals surface area contributed by atoms with Gasteiger partial charge < -0.3 is 14.7 Å². The molecule has 28 heavy (non-hydrogen) atoms. The van der Waals surface area contributed by atoms with Crippen LogP contribution in [-0.2, 0) is 4.79 Å². The highest BCUT2D eigenvalue weighted by Crippen LogP contribution is 2.28. The van der Waals surface area contributed by atoms with Gasteiger partial charge in [0.2, 0.25) is 17.6 Å². The Morgan fingerprint density at radius 1 is 1.29 bits per heavy atom. The topological polar surface area (TPSA) is 84.2 Å². The largest absolute Gasteiger partial charge is 0.343 e. The molecular formula is C18H25Cl2N5O2S. The zero-order valence-electron chi connectivity index (χ0n) is 15.5. The molecule has 2 fully saturated rings. The smallest absolute Gasteiger partial charge is 0.230 e. The number of thioether (sulfide) groups is 1. The Bertz CT molecular complexity index is 735. The van der Waals surface area contributed by atoms with Crippen LogP contribution in [0.5, 0.6) is 0 Å². The van der Waals surface area contributed by atoms with E-state index in [1.54, 1.807) is 6.20 Å². The van der Waals surface area contributed by atoms with Gasteiger partial charge in [0.05, 0.1) is 0 Å². The van der Waals surface area contributed by atoms with Gasteiger partial charge in [0, 0.05) is 55.7 Å². The van der Waals surface area contributed by atoms with Crippen molar-refractivity contribution < 1.29 is 9.32 Å². The van der Waals surface area contributed by atoms with Crippen molar-refractivity contribution >= 4 is 42.5 Å². The zero-order valence-corrected chi connectivity index (χ0v) is 17.9. The molecule has 2 saturated heterocycles. The monoisotopic (exact) mass is 445 g/mol. The number of piperidine rings is 1. The summed E-state index contributed by atoms with van der Waals surface area (Å²) in [4.78, 5) is 23.3. The van der Waals surface area contributed by atoms with Crippen molar-refractivity contribution in [3.63, 3.8) is 0 Å². The van der Waals surface area contributed by atoms with Crippen LogP contribution in [0, 0.1) is 0 Å². The highest BCUT2D eigenvalue weighted by molar-refractivity contribution is 7.99. The van der Waals surface area contributed by atoms with Gasteiger partial charge in [-0.1, -0.05) is 11.2 Å². The molecule has 0 spiro atoms. The van der Waals surface area contributed by atoms with Crippen LogP contribution in [0.4, 0.5) is 0 Å². The lowest BCUT2D eigenvalue weighted by atomic mass is 9.96. The highest BCUT2D eigenvalue weighted by Gasteiger charge is 2.29. The number of halogens is 2. The van der Waals surface area contributed by atoms with E-state index >= 15 is 0 Å². The first-order valence-corrected chi connectivity index (χ1v) is 10.3. The van der Waals surface area contributed by atoms with Crippen molar-refractivity contribution in [3.05, 3.63) is 30.3 Å². The van der Waals surface area contributed by atoms with E-state index in [9.17, 15) is 4.79 Å². The molecule has 0 bridgehead atoms. The van der Waals surface area contributed by atoms with Crippen molar-refractivity contribution in [2.24, 2.45) is 0 Å². The second-order valence-electron chi connectivity index (χ2n) is 6.76. The summed E-state index contributed by atoms with van der Waals surface area (Å²) in [5.74, 6) is 3.82. The lowest BCUT2D eigenvalue weighted by Crippen LogP contribution is -2.44. The molecule has 1 N–H and O–H groups in total. The number of carbonyl (C=O) groups excluding carboxylic acids is 1. The summed E-state index contributed by atoms with van der Waals surface area (Å²) in [5.41, 5.74) is 0.716. The fourth-order valence-electron chi connectivity index (χ4n) is 3.47. The predicted octanol–water partition coefficient (Wildman–Crippen LogP) is 2.78. The maximum Gasteiger partial charge on any atom is 0.230 e. The van der Waals surface area contributed by atoms with Gasteiger partial charge in [0.1, 0.15) is 5.69 Å². The maximum atomic E-state index is 12.5. The fraction of sp³-hybridized carbons (Fsp3) is 0.556. The summed E-state index contributed by atoms with van der Waals surface area (Å²) in [6.45, 7) is 2.51. The van der Waals surface area contributed by atoms with E-state index in [2.05, 4.69) is 20.4 Å². The van der Waals surface area contributed by atoms with E-state index in [1.165, 1.54) is 0 Å². The number of amides is 1. The first-order valence-electron chi connectivity index (χ1n) is 9.13. The van der Waals surface area contributed by atoms with E-state index in [0.29, 0.717) is 29.9 Å². The van der Waals surface area contributed by atoms with Gasteiger partial charge in [0.15, 0.2) is 0 Å². The van der Waals surface area contributed by atoms with E-state index in [-0.39, 0.29) is 36.6 Å². The van der Waals surface area contributed by atoms with Crippen LogP contribution in [0.1, 0.15) is 31.1 Å². The number of nitrogens with one attached hydrogen (secondary N) is 1. The van der Waals surface area contributed by atoms with Crippen molar-refractivity contribution in [2.75, 3.05) is 31.1 Å². The summed E-state index contributed by atoms with van der Waals surface area (Å²) in [6, 6.07) is 5.95. The molecule has 7 nitrogen and oxygen atoms in total. The zero-order chi connectivity index (χ0) is 17.8. The minimum absolute atomic E-state index is 0. The lowest BCUT2D eigenvalue weighted by Gasteiger charge is -2.32. The van der Waals surface area contributed by atoms with Crippen LogP contribution in [0.3, 0.4) is 0 Å². The van der Waals surface area contributed by atoms with Crippen LogP contribution in [-0.4, -0.2) is 63.1 Å². The second-order valence-corrected chi connectivity index (χ2v) is 7.91. The van der Waals surface area contributed by atoms with E-state index in [4.69, 9.17) is 4.52 Å². The average molecular weight is 446 g/mol. The van der Waals surface area contributed by atoms with E-state index < -0.39 is 0 Å². The van der Waals surface area contributed by atoms with Gasteiger partial charge in [-0.05, 0) is 25.0 Å². The van der Waals surface area contributed by atoms with Gasteiger partial charge in [-0.25, -0.2) is 0 Å². The third-order valence-corrected chi connectivity index (χ3v) is 6.08. The number of rotatable bonds is 4. The van der Waals surface area contributed by atoms with Crippen molar-refractivity contribution in [2.45, 2.75) is 31.2 Å². The molecule has 1 unspecified atom stereocenters. The molecule has 1 amide bonds. The molecule has 4 heterocycles. The third kappa shape index (κ3) is 5.59. The van der Waals surface area contributed by atoms with Crippen LogP contribution in [0.25, 0.3) is 11.5 Å². The highest BCUT2D eigenvalue weighted by atomic mass is 35.5. The summed E-state index contributed by atoms with van der Waals surface area (Å²) in [5, 5.41) is 7.49. The second kappa shape index (κ2) is 11.0. The molecule has 2 aliphatic heterocycles. The van der Waals surface area contributed by atoms with Crippen LogP contribution in [0.15, 0.2) is 28.9 Å². The molecule has 1 atom stereocenters. The van der Waals surface area contributed by atoms with Gasteiger partial charge >= 0.3 is 0 Å². The summed E-state index contributed by atoms with van der Waals surface area (Å²) < 4.78 is 5.46. The SMILES string of the molecule is Cl.Cl.O=C(CC1CSCCN1)N1CCC(c2nc(-c3ccccn3)no2)CC1. The minimum atomic E-state index is 0. The quantitative estimate of drug-likeness (QED) is 0.773. The molecule has 2 aromatic rings. The Morgan fingerprint density at radius 3 is 2.79 bits per heavy atom. The Morgan fingerprint density at radius 2 is 2.11 bits per heavy atom. The molecule has 0 aliphatic carbocycles. The Labute approximate surface area is 181 Å². The van der Waals surface area contributed by atoms with Gasteiger partial charge in [0.25, 0.3) is 0 Å². The average Bonchev–Trinajstić information content (AvgIpc) is 3.20. The Balaban J connectivity index is 0.00000140. The number of likely N-dealkylation sites (tertiary alicyclic amines) is 1. The van der Waals surface area contributed by atoms with Gasteiger partial charge in [-0.3, -0.25) is 9.78 Å². The summed E-state index contributed by atoms with van der Waals surface area (Å²) in [6.07, 6.45) is 4.04. The molecule has 0 saturated carbocycles. The normalized spacial score (nSPS) is 20.1. The van der Waals surface area contributed by atoms with E-state index in [1.807, 2.05) is 34.9 Å². The Hall–Kier alpha value is -1.35. The van der Waals surface area contributed by atoms with Crippen molar-refractivity contribution in [1.29, 1.82) is 0 Å². The van der Waals surface area contributed by atoms with Crippen LogP contribution in [0.2, 0.25) is 0 Å². The van der Waals surface area contributed by atoms with Crippen LogP contribution < -0.4 is 5.32 Å². The number of pyridine rings is 1. The maximum absolute atomic E-state index is 12.5. The predicted molar refractivity (Wildman–Crippen MR) is 114 cm³/mol. The summed E-state index contributed by atoms with van der Waals surface area (Å²) >= 11 is 1.92. The molecule has 0 aromatic carbocycles. The summed E-state index contributed by atoms with van der Waals surface area (Å²) in [7, 11) is 0. The number of hydrogen-bond donors (Lipinski definition) is 1. The number of nitrogens with zero attached hydrogens (tertiary/aromatic N) is 4. The molecular weight excluding hydrogens is 421 g/mol. The molecule has 2 aromatic heterocycles. The Kier molecular flexibility index (Phi) is 9.01. The fourth-order valence-corrected chi connectivity index (χ4v) is 4.42. The van der Waals surface area contributed by atoms with E-state index in [0.717, 1.165) is 44.0 Å². The van der Waals surface area contributed by atoms with Crippen molar-refractivity contribution in [1.82, 2.24) is 25.3 Å². The molecule has 0 radical (unpaired) electrons. The molecule has 10 heteroatoms. The number of aromatic nitrogens is 3. The third-order valence-electron chi connectivity index (χ3n) is 4.95. The minimum Gasteiger partial charge on any atom is -0.343 e. The standard InChI is InChI=1S/C18H23N5O2S.2ClH/c24-16(11-14-12-26-10-7-19-14)23-8-4-13(5-9-23)18-21-17(22-25-18)15-3-1-2-6-20-15;;/h1-3,6,13-14,19H,4-5,7-12H2;2*1H. The van der Waals surface area contributed by atoms with Crippen molar-refractivity contribution in [3.8, 4) is 11.5 Å². The molecule has 4 rings (SSSR count). The number of hydrogen-bond acceptors (Lipinski definition) is 7. The molecule has 154 valence electrons. The first-order chi connectivity index (χ1) is 12.8. The number of carbonyl (C=O) groups is 1.